The zero-order valence-electron chi connectivity index (χ0n) is 23.0. The first-order valence-electron chi connectivity index (χ1n) is 13.5. The Morgan fingerprint density at radius 3 is 2.20 bits per heavy atom. The monoisotopic (exact) mass is 558 g/mol. The number of hydrogen-bond acceptors (Lipinski definition) is 4. The van der Waals surface area contributed by atoms with Gasteiger partial charge in [0, 0.05) is 36.7 Å². The van der Waals surface area contributed by atoms with Gasteiger partial charge in [0.2, 0.25) is 5.91 Å². The zero-order valence-corrected chi connectivity index (χ0v) is 23.8. The van der Waals surface area contributed by atoms with E-state index in [1.54, 1.807) is 33.3 Å². The lowest BCUT2D eigenvalue weighted by molar-refractivity contribution is -0.133. The van der Waals surface area contributed by atoms with Crippen LogP contribution in [0.15, 0.2) is 90.3 Å². The number of halogens is 1. The predicted molar refractivity (Wildman–Crippen MR) is 159 cm³/mol. The molecule has 3 aromatic carbocycles. The van der Waals surface area contributed by atoms with E-state index in [0.29, 0.717) is 44.8 Å². The number of carbonyl (C=O) groups excluding carboxylic acids is 2. The molecular weight excluding hydrogens is 523 g/mol. The maximum Gasteiger partial charge on any atom is 0.254 e. The van der Waals surface area contributed by atoms with Crippen molar-refractivity contribution >= 4 is 23.2 Å². The Kier molecular flexibility index (Phi) is 10.6. The van der Waals surface area contributed by atoms with Crippen molar-refractivity contribution in [3.8, 4) is 11.1 Å². The van der Waals surface area contributed by atoms with Crippen molar-refractivity contribution in [1.29, 1.82) is 0 Å². The standard InChI is InChI=1S/C33H35FN2O3S/c1-3-39-20-7-19-35(33(38)29-14-12-28(13-15-29)27-8-5-4-6-9-27)24-32(37)36(23-31-25(2)18-21-40-31)22-26-10-16-30(34)17-11-26/h4-6,8-18,21H,3,7,19-20,22-24H2,1-2H3. The average Bonchev–Trinajstić information content (AvgIpc) is 3.39. The second kappa shape index (κ2) is 14.5. The lowest BCUT2D eigenvalue weighted by Crippen LogP contribution is -2.43. The van der Waals surface area contributed by atoms with E-state index in [9.17, 15) is 14.0 Å². The van der Waals surface area contributed by atoms with Gasteiger partial charge in [-0.1, -0.05) is 54.6 Å². The fourth-order valence-electron chi connectivity index (χ4n) is 4.42. The molecular formula is C33H35FN2O3S. The molecule has 0 spiro atoms. The van der Waals surface area contributed by atoms with E-state index in [1.165, 1.54) is 12.1 Å². The van der Waals surface area contributed by atoms with Gasteiger partial charge < -0.3 is 14.5 Å². The number of ether oxygens (including phenoxy) is 1. The molecule has 0 saturated carbocycles. The Labute approximate surface area is 239 Å². The van der Waals surface area contributed by atoms with Crippen molar-refractivity contribution in [2.45, 2.75) is 33.4 Å². The minimum absolute atomic E-state index is 0.0585. The second-order valence-corrected chi connectivity index (χ2v) is 10.6. The molecule has 0 atom stereocenters. The molecule has 5 nitrogen and oxygen atoms in total. The summed E-state index contributed by atoms with van der Waals surface area (Å²) in [6, 6.07) is 25.7. The van der Waals surface area contributed by atoms with Crippen molar-refractivity contribution in [2.75, 3.05) is 26.3 Å². The second-order valence-electron chi connectivity index (χ2n) is 9.62. The molecule has 0 aliphatic rings. The first-order chi connectivity index (χ1) is 19.4. The van der Waals surface area contributed by atoms with Gasteiger partial charge in [0.15, 0.2) is 0 Å². The van der Waals surface area contributed by atoms with Crippen LogP contribution in [0.4, 0.5) is 4.39 Å². The summed E-state index contributed by atoms with van der Waals surface area (Å²) in [7, 11) is 0. The van der Waals surface area contributed by atoms with Gasteiger partial charge in [-0.3, -0.25) is 9.59 Å². The quantitative estimate of drug-likeness (QED) is 0.167. The summed E-state index contributed by atoms with van der Waals surface area (Å²) in [6.45, 7) is 6.14. The van der Waals surface area contributed by atoms with Gasteiger partial charge in [-0.15, -0.1) is 11.3 Å². The first kappa shape index (κ1) is 29.2. The predicted octanol–water partition coefficient (Wildman–Crippen LogP) is 6.96. The van der Waals surface area contributed by atoms with Crippen LogP contribution in [0, 0.1) is 12.7 Å². The van der Waals surface area contributed by atoms with Gasteiger partial charge in [0.05, 0.1) is 6.54 Å². The molecule has 0 unspecified atom stereocenters. The summed E-state index contributed by atoms with van der Waals surface area (Å²) in [5.41, 5.74) is 4.57. The van der Waals surface area contributed by atoms with E-state index in [4.69, 9.17) is 4.74 Å². The number of benzene rings is 3. The van der Waals surface area contributed by atoms with E-state index < -0.39 is 0 Å². The summed E-state index contributed by atoms with van der Waals surface area (Å²) in [4.78, 5) is 31.9. The van der Waals surface area contributed by atoms with Crippen LogP contribution in [-0.2, 0) is 22.6 Å². The van der Waals surface area contributed by atoms with Crippen LogP contribution in [0.25, 0.3) is 11.1 Å². The van der Waals surface area contributed by atoms with Crippen LogP contribution in [0.3, 0.4) is 0 Å². The number of rotatable bonds is 13. The topological polar surface area (TPSA) is 49.9 Å². The molecule has 0 radical (unpaired) electrons. The van der Waals surface area contributed by atoms with E-state index in [0.717, 1.165) is 27.1 Å². The maximum atomic E-state index is 13.8. The molecule has 1 aromatic heterocycles. The van der Waals surface area contributed by atoms with Crippen molar-refractivity contribution in [3.63, 3.8) is 0 Å². The molecule has 1 heterocycles. The van der Waals surface area contributed by atoms with Crippen LogP contribution >= 0.6 is 11.3 Å². The zero-order chi connectivity index (χ0) is 28.3. The number of aryl methyl sites for hydroxylation is 1. The van der Waals surface area contributed by atoms with Crippen molar-refractivity contribution in [3.05, 3.63) is 118 Å². The highest BCUT2D eigenvalue weighted by Crippen LogP contribution is 2.22. The third-order valence-electron chi connectivity index (χ3n) is 6.72. The Morgan fingerprint density at radius 1 is 0.850 bits per heavy atom. The van der Waals surface area contributed by atoms with Gasteiger partial charge in [-0.2, -0.15) is 0 Å². The molecule has 208 valence electrons. The highest BCUT2D eigenvalue weighted by molar-refractivity contribution is 7.10. The van der Waals surface area contributed by atoms with Crippen LogP contribution in [-0.4, -0.2) is 47.9 Å². The van der Waals surface area contributed by atoms with E-state index in [2.05, 4.69) is 0 Å². The highest BCUT2D eigenvalue weighted by Gasteiger charge is 2.23. The summed E-state index contributed by atoms with van der Waals surface area (Å²) in [6.07, 6.45) is 0.622. The molecule has 4 aromatic rings. The Morgan fingerprint density at radius 2 is 1.55 bits per heavy atom. The smallest absolute Gasteiger partial charge is 0.254 e. The van der Waals surface area contributed by atoms with Crippen molar-refractivity contribution in [1.82, 2.24) is 9.80 Å². The Hall–Kier alpha value is -3.81. The third kappa shape index (κ3) is 8.10. The number of amides is 2. The molecule has 0 fully saturated rings. The first-order valence-corrected chi connectivity index (χ1v) is 14.4. The largest absolute Gasteiger partial charge is 0.382 e. The Bertz CT molecular complexity index is 1370. The van der Waals surface area contributed by atoms with Crippen molar-refractivity contribution in [2.24, 2.45) is 0 Å². The minimum Gasteiger partial charge on any atom is -0.382 e. The molecule has 40 heavy (non-hydrogen) atoms. The van der Waals surface area contributed by atoms with E-state index in [-0.39, 0.29) is 24.2 Å². The average molecular weight is 559 g/mol. The fourth-order valence-corrected chi connectivity index (χ4v) is 5.34. The third-order valence-corrected chi connectivity index (χ3v) is 7.72. The summed E-state index contributed by atoms with van der Waals surface area (Å²) >= 11 is 1.60. The fraction of sp³-hybridized carbons (Fsp3) is 0.273. The lowest BCUT2D eigenvalue weighted by Gasteiger charge is -2.28. The summed E-state index contributed by atoms with van der Waals surface area (Å²) in [5.74, 6) is -0.679. The Balaban J connectivity index is 1.53. The summed E-state index contributed by atoms with van der Waals surface area (Å²) in [5, 5.41) is 2.01. The van der Waals surface area contributed by atoms with Gasteiger partial charge in [-0.25, -0.2) is 4.39 Å². The molecule has 0 saturated heterocycles. The molecule has 4 rings (SSSR count). The highest BCUT2D eigenvalue weighted by atomic mass is 32.1. The van der Waals surface area contributed by atoms with E-state index >= 15 is 0 Å². The number of hydrogen-bond donors (Lipinski definition) is 0. The molecule has 0 aliphatic carbocycles. The van der Waals surface area contributed by atoms with Gasteiger partial charge in [-0.05, 0) is 78.2 Å². The van der Waals surface area contributed by atoms with Crippen LogP contribution in [0.1, 0.15) is 39.7 Å². The molecule has 0 bridgehead atoms. The number of carbonyl (C=O) groups is 2. The van der Waals surface area contributed by atoms with Gasteiger partial charge in [0.25, 0.3) is 5.91 Å². The lowest BCUT2D eigenvalue weighted by atomic mass is 10.0. The van der Waals surface area contributed by atoms with Crippen LogP contribution in [0.2, 0.25) is 0 Å². The van der Waals surface area contributed by atoms with Gasteiger partial charge in [0.1, 0.15) is 12.4 Å². The number of nitrogens with zero attached hydrogens (tertiary/aromatic N) is 2. The summed E-state index contributed by atoms with van der Waals surface area (Å²) < 4.78 is 19.0. The maximum absolute atomic E-state index is 13.8. The minimum atomic E-state index is -0.319. The molecule has 7 heteroatoms. The van der Waals surface area contributed by atoms with Crippen LogP contribution < -0.4 is 0 Å². The number of thiophene rings is 1. The SMILES string of the molecule is CCOCCCN(CC(=O)N(Cc1ccc(F)cc1)Cc1sccc1C)C(=O)c1ccc(-c2ccccc2)cc1. The molecule has 2 amide bonds. The van der Waals surface area contributed by atoms with Gasteiger partial charge >= 0.3 is 0 Å². The molecule has 0 N–H and O–H groups in total. The van der Waals surface area contributed by atoms with Crippen molar-refractivity contribution < 1.29 is 18.7 Å². The van der Waals surface area contributed by atoms with E-state index in [1.807, 2.05) is 79.9 Å². The molecule has 0 aliphatic heterocycles. The normalized spacial score (nSPS) is 10.9. The van der Waals surface area contributed by atoms with Crippen LogP contribution in [0.5, 0.6) is 0 Å².